The second kappa shape index (κ2) is 11.2. The van der Waals surface area contributed by atoms with Crippen molar-refractivity contribution in [3.8, 4) is 0 Å². The summed E-state index contributed by atoms with van der Waals surface area (Å²) in [5.41, 5.74) is 1.02. The molecule has 0 heterocycles. The molecule has 0 unspecified atom stereocenters. The summed E-state index contributed by atoms with van der Waals surface area (Å²) in [7, 11) is -3.93. The number of carbonyl (C=O) groups is 1. The molecule has 1 amide bonds. The Morgan fingerprint density at radius 3 is 2.52 bits per heavy atom. The summed E-state index contributed by atoms with van der Waals surface area (Å²) in [5.74, 6) is 0.501. The van der Waals surface area contributed by atoms with Gasteiger partial charge in [0, 0.05) is 22.6 Å². The Morgan fingerprint density at radius 1 is 1.10 bits per heavy atom. The van der Waals surface area contributed by atoms with Crippen molar-refractivity contribution in [3.05, 3.63) is 59.1 Å². The summed E-state index contributed by atoms with van der Waals surface area (Å²) in [6, 6.07) is 13.2. The van der Waals surface area contributed by atoms with Crippen LogP contribution in [0.1, 0.15) is 37.7 Å². The largest absolute Gasteiger partial charge is 0.354 e. The van der Waals surface area contributed by atoms with E-state index in [1.165, 1.54) is 44.2 Å². The van der Waals surface area contributed by atoms with Gasteiger partial charge >= 0.3 is 0 Å². The first-order valence-electron chi connectivity index (χ1n) is 10.6. The van der Waals surface area contributed by atoms with Gasteiger partial charge in [-0.1, -0.05) is 55.1 Å². The summed E-state index contributed by atoms with van der Waals surface area (Å²) >= 11 is 8.14. The third-order valence-corrected chi connectivity index (χ3v) is 9.02. The number of anilines is 1. The number of sulfonamides is 1. The average Bonchev–Trinajstić information content (AvgIpc) is 2.78. The number of amides is 1. The first-order chi connectivity index (χ1) is 14.9. The fourth-order valence-corrected chi connectivity index (χ4v) is 6.61. The zero-order valence-corrected chi connectivity index (χ0v) is 20.1. The molecule has 8 heteroatoms. The average molecular weight is 481 g/mol. The van der Waals surface area contributed by atoms with E-state index in [1.807, 2.05) is 11.8 Å². The molecule has 1 fully saturated rings. The van der Waals surface area contributed by atoms with Crippen LogP contribution in [0.4, 0.5) is 5.69 Å². The molecular weight excluding hydrogens is 452 g/mol. The third-order valence-electron chi connectivity index (χ3n) is 5.46. The standard InChI is InChI=1S/C23H29ClN2O3S2/c1-18-21(24)13-8-14-22(18)26(31(28,29)20-11-6-3-7-12-20)17-23(27)25-15-16-30-19-9-4-2-5-10-19/h3,6-8,11-14,19H,2,4-5,9-10,15-17H2,1H3,(H,25,27). The van der Waals surface area contributed by atoms with Gasteiger partial charge in [-0.25, -0.2) is 8.42 Å². The van der Waals surface area contributed by atoms with E-state index in [2.05, 4.69) is 5.32 Å². The summed E-state index contributed by atoms with van der Waals surface area (Å²) < 4.78 is 27.9. The van der Waals surface area contributed by atoms with Crippen molar-refractivity contribution in [3.63, 3.8) is 0 Å². The lowest BCUT2D eigenvalue weighted by atomic mass is 10.0. The van der Waals surface area contributed by atoms with Crippen LogP contribution in [0.5, 0.6) is 0 Å². The number of hydrogen-bond donors (Lipinski definition) is 1. The minimum atomic E-state index is -3.93. The Bertz CT molecular complexity index is 978. The molecule has 1 aliphatic carbocycles. The molecule has 0 spiro atoms. The Labute approximate surface area is 194 Å². The van der Waals surface area contributed by atoms with Crippen molar-refractivity contribution in [1.29, 1.82) is 0 Å². The number of hydrogen-bond acceptors (Lipinski definition) is 4. The maximum Gasteiger partial charge on any atom is 0.264 e. The van der Waals surface area contributed by atoms with Crippen molar-refractivity contribution in [1.82, 2.24) is 5.32 Å². The molecule has 1 N–H and O–H groups in total. The molecule has 0 aromatic heterocycles. The van der Waals surface area contributed by atoms with Gasteiger partial charge in [-0.3, -0.25) is 9.10 Å². The van der Waals surface area contributed by atoms with E-state index in [1.54, 1.807) is 43.3 Å². The Kier molecular flexibility index (Phi) is 8.69. The van der Waals surface area contributed by atoms with Crippen molar-refractivity contribution in [2.24, 2.45) is 0 Å². The van der Waals surface area contributed by atoms with E-state index in [-0.39, 0.29) is 17.3 Å². The Morgan fingerprint density at radius 2 is 1.81 bits per heavy atom. The predicted octanol–water partition coefficient (Wildman–Crippen LogP) is 5.03. The molecule has 1 aliphatic rings. The first kappa shape index (κ1) is 24.0. The van der Waals surface area contributed by atoms with Gasteiger partial charge in [0.15, 0.2) is 0 Å². The molecule has 0 aliphatic heterocycles. The topological polar surface area (TPSA) is 66.5 Å². The van der Waals surface area contributed by atoms with Gasteiger partial charge in [-0.2, -0.15) is 11.8 Å². The van der Waals surface area contributed by atoms with Gasteiger partial charge < -0.3 is 5.32 Å². The number of carbonyl (C=O) groups excluding carboxylic acids is 1. The normalized spacial score (nSPS) is 14.9. The van der Waals surface area contributed by atoms with Gasteiger partial charge in [0.1, 0.15) is 6.54 Å². The fraction of sp³-hybridized carbons (Fsp3) is 0.435. The maximum absolute atomic E-state index is 13.4. The Balaban J connectivity index is 1.71. The maximum atomic E-state index is 13.4. The van der Waals surface area contributed by atoms with Crippen LogP contribution >= 0.6 is 23.4 Å². The van der Waals surface area contributed by atoms with Crippen LogP contribution in [-0.4, -0.2) is 38.4 Å². The molecule has 31 heavy (non-hydrogen) atoms. The van der Waals surface area contributed by atoms with Crippen LogP contribution in [0.3, 0.4) is 0 Å². The number of nitrogens with one attached hydrogen (secondary N) is 1. The molecule has 3 rings (SSSR count). The summed E-state index contributed by atoms with van der Waals surface area (Å²) in [4.78, 5) is 12.8. The zero-order valence-electron chi connectivity index (χ0n) is 17.7. The van der Waals surface area contributed by atoms with Gasteiger partial charge in [-0.15, -0.1) is 0 Å². The van der Waals surface area contributed by atoms with Gasteiger partial charge in [-0.05, 0) is 49.6 Å². The molecule has 0 atom stereocenters. The highest BCUT2D eigenvalue weighted by atomic mass is 35.5. The number of rotatable bonds is 9. The van der Waals surface area contributed by atoms with Gasteiger partial charge in [0.25, 0.3) is 10.0 Å². The predicted molar refractivity (Wildman–Crippen MR) is 130 cm³/mol. The van der Waals surface area contributed by atoms with Crippen LogP contribution < -0.4 is 9.62 Å². The number of halogens is 1. The lowest BCUT2D eigenvalue weighted by Crippen LogP contribution is -2.41. The minimum Gasteiger partial charge on any atom is -0.354 e. The van der Waals surface area contributed by atoms with Gasteiger partial charge in [0.05, 0.1) is 10.6 Å². The number of benzene rings is 2. The lowest BCUT2D eigenvalue weighted by molar-refractivity contribution is -0.119. The highest BCUT2D eigenvalue weighted by molar-refractivity contribution is 7.99. The zero-order chi connectivity index (χ0) is 22.3. The molecule has 0 saturated heterocycles. The van der Waals surface area contributed by atoms with E-state index in [9.17, 15) is 13.2 Å². The number of thioether (sulfide) groups is 1. The molecule has 0 radical (unpaired) electrons. The molecule has 168 valence electrons. The van der Waals surface area contributed by atoms with Crippen molar-refractivity contribution < 1.29 is 13.2 Å². The van der Waals surface area contributed by atoms with E-state index in [0.717, 1.165) is 10.1 Å². The van der Waals surface area contributed by atoms with Crippen LogP contribution in [0.25, 0.3) is 0 Å². The van der Waals surface area contributed by atoms with Crippen LogP contribution in [0.15, 0.2) is 53.4 Å². The highest BCUT2D eigenvalue weighted by Crippen LogP contribution is 2.31. The van der Waals surface area contributed by atoms with E-state index in [0.29, 0.717) is 28.1 Å². The number of nitrogens with zero attached hydrogens (tertiary/aromatic N) is 1. The Hall–Kier alpha value is -1.70. The molecule has 5 nitrogen and oxygen atoms in total. The monoisotopic (exact) mass is 480 g/mol. The quantitative estimate of drug-likeness (QED) is 0.511. The highest BCUT2D eigenvalue weighted by Gasteiger charge is 2.28. The summed E-state index contributed by atoms with van der Waals surface area (Å²) in [6.45, 7) is 1.98. The third kappa shape index (κ3) is 6.40. The second-order valence-corrected chi connectivity index (χ2v) is 11.4. The van der Waals surface area contributed by atoms with Crippen molar-refractivity contribution >= 4 is 45.0 Å². The van der Waals surface area contributed by atoms with Crippen LogP contribution in [0.2, 0.25) is 5.02 Å². The molecule has 0 bridgehead atoms. The van der Waals surface area contributed by atoms with Crippen molar-refractivity contribution in [2.75, 3.05) is 23.1 Å². The second-order valence-electron chi connectivity index (χ2n) is 7.69. The molecular formula is C23H29ClN2O3S2. The SMILES string of the molecule is Cc1c(Cl)cccc1N(CC(=O)NCCSC1CCCCC1)S(=O)(=O)c1ccccc1. The molecule has 1 saturated carbocycles. The summed E-state index contributed by atoms with van der Waals surface area (Å²) in [5, 5.41) is 4.01. The lowest BCUT2D eigenvalue weighted by Gasteiger charge is -2.26. The van der Waals surface area contributed by atoms with E-state index < -0.39 is 10.0 Å². The van der Waals surface area contributed by atoms with Crippen molar-refractivity contribution in [2.45, 2.75) is 49.2 Å². The van der Waals surface area contributed by atoms with E-state index >= 15 is 0 Å². The fourth-order valence-electron chi connectivity index (χ4n) is 3.72. The smallest absolute Gasteiger partial charge is 0.264 e. The minimum absolute atomic E-state index is 0.134. The first-order valence-corrected chi connectivity index (χ1v) is 13.5. The molecule has 2 aromatic rings. The van der Waals surface area contributed by atoms with Crippen LogP contribution in [0, 0.1) is 6.92 Å². The van der Waals surface area contributed by atoms with Gasteiger partial charge in [0.2, 0.25) is 5.91 Å². The van der Waals surface area contributed by atoms with Crippen LogP contribution in [-0.2, 0) is 14.8 Å². The molecule has 2 aromatic carbocycles. The summed E-state index contributed by atoms with van der Waals surface area (Å²) in [6.07, 6.45) is 6.39. The van der Waals surface area contributed by atoms with E-state index in [4.69, 9.17) is 11.6 Å².